The summed E-state index contributed by atoms with van der Waals surface area (Å²) in [6.07, 6.45) is 3.13. The molecule has 1 aliphatic heterocycles. The smallest absolute Gasteiger partial charge is 0.369 e. The maximum atomic E-state index is 12.9. The van der Waals surface area contributed by atoms with E-state index >= 15 is 0 Å². The van der Waals surface area contributed by atoms with Crippen LogP contribution in [0.15, 0.2) is 36.4 Å². The molecule has 0 N–H and O–H groups in total. The molecule has 2 aliphatic carbocycles. The predicted molar refractivity (Wildman–Crippen MR) is 88.9 cm³/mol. The second-order valence-electron chi connectivity index (χ2n) is 7.38. The maximum absolute atomic E-state index is 12.9. The molecule has 0 unspecified atom stereocenters. The van der Waals surface area contributed by atoms with Crippen LogP contribution >= 0.6 is 0 Å². The van der Waals surface area contributed by atoms with E-state index in [0.717, 1.165) is 56.5 Å². The number of nitrogens with zero attached hydrogens (tertiary/aromatic N) is 2. The number of alkyl halides is 3. The van der Waals surface area contributed by atoms with Gasteiger partial charge in [0.2, 0.25) is 0 Å². The first kappa shape index (κ1) is 16.0. The van der Waals surface area contributed by atoms with Gasteiger partial charge in [-0.2, -0.15) is 13.2 Å². The van der Waals surface area contributed by atoms with Crippen molar-refractivity contribution in [2.24, 2.45) is 17.8 Å². The summed E-state index contributed by atoms with van der Waals surface area (Å²) in [5.41, 5.74) is 0.128. The van der Waals surface area contributed by atoms with Crippen LogP contribution in [0.4, 0.5) is 18.9 Å². The lowest BCUT2D eigenvalue weighted by Gasteiger charge is -2.38. The van der Waals surface area contributed by atoms with Crippen LogP contribution < -0.4 is 4.90 Å². The molecule has 1 heterocycles. The molecule has 0 radical (unpaired) electrons. The molecule has 1 aromatic rings. The van der Waals surface area contributed by atoms with Crippen molar-refractivity contribution >= 4 is 5.69 Å². The van der Waals surface area contributed by atoms with Crippen molar-refractivity contribution in [1.29, 1.82) is 0 Å². The number of rotatable bonds is 3. The first-order chi connectivity index (χ1) is 11.5. The van der Waals surface area contributed by atoms with Gasteiger partial charge in [0.1, 0.15) is 0 Å². The van der Waals surface area contributed by atoms with Gasteiger partial charge in [0, 0.05) is 38.4 Å². The van der Waals surface area contributed by atoms with E-state index in [1.807, 2.05) is 0 Å². The monoisotopic (exact) mass is 336 g/mol. The van der Waals surface area contributed by atoms with Crippen LogP contribution in [-0.4, -0.2) is 37.6 Å². The highest BCUT2D eigenvalue weighted by Gasteiger charge is 2.37. The van der Waals surface area contributed by atoms with Crippen molar-refractivity contribution in [3.63, 3.8) is 0 Å². The standard InChI is InChI=1S/C19H23F3N2/c20-19(21,22)17-2-1-3-18(12-17)24-8-6-23(7-9-24)13-16-11-14-4-5-15(16)10-14/h1-5,12,14-16H,6-11,13H2/t14-,15+,16-/m0/s1. The summed E-state index contributed by atoms with van der Waals surface area (Å²) in [7, 11) is 0. The van der Waals surface area contributed by atoms with Crippen LogP contribution in [0.2, 0.25) is 0 Å². The van der Waals surface area contributed by atoms with Crippen molar-refractivity contribution in [1.82, 2.24) is 4.90 Å². The van der Waals surface area contributed by atoms with E-state index in [-0.39, 0.29) is 0 Å². The van der Waals surface area contributed by atoms with Gasteiger partial charge in [-0.05, 0) is 48.8 Å². The molecule has 3 atom stereocenters. The molecule has 3 aliphatic rings. The van der Waals surface area contributed by atoms with Crippen LogP contribution in [0.1, 0.15) is 18.4 Å². The fourth-order valence-corrected chi connectivity index (χ4v) is 4.50. The van der Waals surface area contributed by atoms with Gasteiger partial charge >= 0.3 is 6.18 Å². The number of fused-ring (bicyclic) bond motifs is 2. The summed E-state index contributed by atoms with van der Waals surface area (Å²) in [4.78, 5) is 4.57. The first-order valence-electron chi connectivity index (χ1n) is 8.82. The molecule has 2 nitrogen and oxygen atoms in total. The van der Waals surface area contributed by atoms with Gasteiger partial charge in [-0.3, -0.25) is 4.90 Å². The Labute approximate surface area is 140 Å². The molecule has 24 heavy (non-hydrogen) atoms. The minimum Gasteiger partial charge on any atom is -0.369 e. The highest BCUT2D eigenvalue weighted by molar-refractivity contribution is 5.49. The van der Waals surface area contributed by atoms with Crippen molar-refractivity contribution in [3.05, 3.63) is 42.0 Å². The number of hydrogen-bond donors (Lipinski definition) is 0. The van der Waals surface area contributed by atoms with E-state index < -0.39 is 11.7 Å². The Kier molecular flexibility index (Phi) is 4.07. The number of benzene rings is 1. The minimum absolute atomic E-state index is 0.559. The van der Waals surface area contributed by atoms with Crippen LogP contribution in [0, 0.1) is 17.8 Å². The minimum atomic E-state index is -4.27. The summed E-state index contributed by atoms with van der Waals surface area (Å²) >= 11 is 0. The highest BCUT2D eigenvalue weighted by Crippen LogP contribution is 2.43. The second-order valence-corrected chi connectivity index (χ2v) is 7.38. The zero-order chi connectivity index (χ0) is 16.7. The van der Waals surface area contributed by atoms with Crippen molar-refractivity contribution in [2.45, 2.75) is 19.0 Å². The fourth-order valence-electron chi connectivity index (χ4n) is 4.50. The molecule has 4 rings (SSSR count). The zero-order valence-electron chi connectivity index (χ0n) is 13.7. The van der Waals surface area contributed by atoms with Gasteiger partial charge in [0.15, 0.2) is 0 Å². The molecule has 5 heteroatoms. The zero-order valence-corrected chi connectivity index (χ0v) is 13.7. The number of halogens is 3. The Morgan fingerprint density at radius 1 is 1.00 bits per heavy atom. The van der Waals surface area contributed by atoms with Crippen molar-refractivity contribution in [2.75, 3.05) is 37.6 Å². The van der Waals surface area contributed by atoms with Crippen molar-refractivity contribution < 1.29 is 13.2 Å². The Hall–Kier alpha value is -1.49. The summed E-state index contributed by atoms with van der Waals surface area (Å²) in [5.74, 6) is 2.34. The molecule has 2 bridgehead atoms. The third-order valence-electron chi connectivity index (χ3n) is 5.82. The number of allylic oxidation sites excluding steroid dienone is 2. The SMILES string of the molecule is FC(F)(F)c1cccc(N2CCN(C[C@@H]3C[C@H]4C=C[C@@H]3C4)CC2)c1. The molecule has 1 aromatic carbocycles. The molecule has 0 amide bonds. The number of hydrogen-bond acceptors (Lipinski definition) is 2. The van der Waals surface area contributed by atoms with Gasteiger partial charge in [0.05, 0.1) is 5.56 Å². The van der Waals surface area contributed by atoms with E-state index in [4.69, 9.17) is 0 Å². The normalized spacial score (nSPS) is 30.3. The Bertz CT molecular complexity index is 617. The summed E-state index contributed by atoms with van der Waals surface area (Å²) in [5, 5.41) is 0. The summed E-state index contributed by atoms with van der Waals surface area (Å²) in [6, 6.07) is 5.70. The molecular weight excluding hydrogens is 313 g/mol. The van der Waals surface area contributed by atoms with Gasteiger partial charge in [0.25, 0.3) is 0 Å². The molecule has 1 saturated heterocycles. The van der Waals surface area contributed by atoms with Crippen LogP contribution in [0.25, 0.3) is 0 Å². The van der Waals surface area contributed by atoms with Crippen LogP contribution in [0.5, 0.6) is 0 Å². The lowest BCUT2D eigenvalue weighted by molar-refractivity contribution is -0.137. The lowest BCUT2D eigenvalue weighted by Crippen LogP contribution is -2.48. The van der Waals surface area contributed by atoms with Gasteiger partial charge in [-0.15, -0.1) is 0 Å². The molecule has 1 saturated carbocycles. The van der Waals surface area contributed by atoms with E-state index in [9.17, 15) is 13.2 Å². The molecule has 2 fully saturated rings. The van der Waals surface area contributed by atoms with Gasteiger partial charge in [-0.25, -0.2) is 0 Å². The topological polar surface area (TPSA) is 6.48 Å². The third kappa shape index (κ3) is 3.18. The largest absolute Gasteiger partial charge is 0.416 e. The van der Waals surface area contributed by atoms with E-state index in [1.165, 1.54) is 25.0 Å². The van der Waals surface area contributed by atoms with E-state index in [1.54, 1.807) is 6.07 Å². The van der Waals surface area contributed by atoms with Crippen LogP contribution in [-0.2, 0) is 6.18 Å². The van der Waals surface area contributed by atoms with Crippen molar-refractivity contribution in [3.8, 4) is 0 Å². The summed E-state index contributed by atoms with van der Waals surface area (Å²) in [6.45, 7) is 4.62. The molecule has 0 aromatic heterocycles. The first-order valence-corrected chi connectivity index (χ1v) is 8.82. The lowest BCUT2D eigenvalue weighted by atomic mass is 9.93. The maximum Gasteiger partial charge on any atom is 0.416 e. The predicted octanol–water partition coefficient (Wildman–Crippen LogP) is 4.04. The third-order valence-corrected chi connectivity index (χ3v) is 5.82. The number of piperazine rings is 1. The van der Waals surface area contributed by atoms with Crippen LogP contribution in [0.3, 0.4) is 0 Å². The Morgan fingerprint density at radius 3 is 2.42 bits per heavy atom. The quantitative estimate of drug-likeness (QED) is 0.769. The Morgan fingerprint density at radius 2 is 1.79 bits per heavy atom. The van der Waals surface area contributed by atoms with Gasteiger partial charge in [-0.1, -0.05) is 18.2 Å². The average molecular weight is 336 g/mol. The molecular formula is C19H23F3N2. The second kappa shape index (κ2) is 6.10. The molecule has 130 valence electrons. The van der Waals surface area contributed by atoms with E-state index in [2.05, 4.69) is 22.0 Å². The number of anilines is 1. The Balaban J connectivity index is 1.34. The molecule has 0 spiro atoms. The fraction of sp³-hybridized carbons (Fsp3) is 0.579. The van der Waals surface area contributed by atoms with Gasteiger partial charge < -0.3 is 4.90 Å². The highest BCUT2D eigenvalue weighted by atomic mass is 19.4. The summed E-state index contributed by atoms with van der Waals surface area (Å²) < 4.78 is 38.6. The van der Waals surface area contributed by atoms with E-state index in [0.29, 0.717) is 5.69 Å². The average Bonchev–Trinajstić information content (AvgIpc) is 3.18.